The van der Waals surface area contributed by atoms with Crippen LogP contribution in [0.5, 0.6) is 0 Å². The van der Waals surface area contributed by atoms with E-state index in [1.807, 2.05) is 0 Å². The lowest BCUT2D eigenvalue weighted by molar-refractivity contribution is 0.324. The summed E-state index contributed by atoms with van der Waals surface area (Å²) >= 11 is 13.5. The second-order valence-corrected chi connectivity index (χ2v) is 5.42. The van der Waals surface area contributed by atoms with Gasteiger partial charge in [-0.15, -0.1) is 11.8 Å². The molecule has 0 spiro atoms. The molecule has 0 aliphatic rings. The maximum absolute atomic E-state index is 6.05. The van der Waals surface area contributed by atoms with E-state index in [0.29, 0.717) is 15.9 Å². The van der Waals surface area contributed by atoms with Crippen LogP contribution in [0.1, 0.15) is 13.8 Å². The summed E-state index contributed by atoms with van der Waals surface area (Å²) in [7, 11) is 0. The van der Waals surface area contributed by atoms with Crippen molar-refractivity contribution in [1.29, 1.82) is 0 Å². The standard InChI is InChI=1S/C11H17Cl2N3S/c1-3-16(4-2)5-6-17-11-9(13)7-8(12)10(14)15-11/h7H,3-6H2,1-2H3,(H2,14,15). The number of aromatic nitrogens is 1. The summed E-state index contributed by atoms with van der Waals surface area (Å²) in [6, 6.07) is 1.64. The third-order valence-corrected chi connectivity index (χ3v) is 4.14. The molecule has 1 rings (SSSR count). The van der Waals surface area contributed by atoms with Crippen LogP contribution >= 0.6 is 35.0 Å². The monoisotopic (exact) mass is 293 g/mol. The van der Waals surface area contributed by atoms with Crippen molar-refractivity contribution in [3.63, 3.8) is 0 Å². The van der Waals surface area contributed by atoms with Crippen molar-refractivity contribution in [2.45, 2.75) is 18.9 Å². The average molecular weight is 294 g/mol. The molecule has 96 valence electrons. The van der Waals surface area contributed by atoms with E-state index in [1.165, 1.54) is 0 Å². The molecule has 1 aromatic rings. The molecule has 2 N–H and O–H groups in total. The van der Waals surface area contributed by atoms with Crippen molar-refractivity contribution in [1.82, 2.24) is 9.88 Å². The number of hydrogen-bond acceptors (Lipinski definition) is 4. The lowest BCUT2D eigenvalue weighted by Crippen LogP contribution is -2.25. The summed E-state index contributed by atoms with van der Waals surface area (Å²) in [4.78, 5) is 6.53. The molecule has 0 radical (unpaired) electrons. The quantitative estimate of drug-likeness (QED) is 0.816. The van der Waals surface area contributed by atoms with Crippen molar-refractivity contribution >= 4 is 40.8 Å². The lowest BCUT2D eigenvalue weighted by atomic mass is 10.5. The van der Waals surface area contributed by atoms with Gasteiger partial charge in [0.25, 0.3) is 0 Å². The van der Waals surface area contributed by atoms with Gasteiger partial charge in [0.1, 0.15) is 10.8 Å². The first-order valence-corrected chi connectivity index (χ1v) is 7.29. The number of nitrogen functional groups attached to an aromatic ring is 1. The van der Waals surface area contributed by atoms with E-state index in [4.69, 9.17) is 28.9 Å². The number of nitrogens with zero attached hydrogens (tertiary/aromatic N) is 2. The Bertz CT molecular complexity index is 370. The van der Waals surface area contributed by atoms with Crippen LogP contribution in [0.3, 0.4) is 0 Å². The Labute approximate surface area is 117 Å². The van der Waals surface area contributed by atoms with Crippen LogP contribution < -0.4 is 5.73 Å². The summed E-state index contributed by atoms with van der Waals surface area (Å²) in [5.41, 5.74) is 5.65. The van der Waals surface area contributed by atoms with Gasteiger partial charge in [-0.2, -0.15) is 0 Å². The van der Waals surface area contributed by atoms with Crippen LogP contribution in [0.25, 0.3) is 0 Å². The maximum atomic E-state index is 6.05. The number of rotatable bonds is 6. The minimum atomic E-state index is 0.335. The number of pyridine rings is 1. The molecule has 6 heteroatoms. The molecule has 0 atom stereocenters. The van der Waals surface area contributed by atoms with E-state index in [0.717, 1.165) is 30.4 Å². The van der Waals surface area contributed by atoms with Gasteiger partial charge >= 0.3 is 0 Å². The van der Waals surface area contributed by atoms with E-state index >= 15 is 0 Å². The van der Waals surface area contributed by atoms with Crippen LogP contribution in [0.15, 0.2) is 11.1 Å². The second-order valence-electron chi connectivity index (χ2n) is 3.52. The van der Waals surface area contributed by atoms with E-state index in [1.54, 1.807) is 17.8 Å². The molecule has 0 amide bonds. The second kappa shape index (κ2) is 7.31. The van der Waals surface area contributed by atoms with Crippen LogP contribution in [-0.2, 0) is 0 Å². The summed E-state index contributed by atoms with van der Waals surface area (Å²) in [5, 5.41) is 1.72. The van der Waals surface area contributed by atoms with Gasteiger partial charge in [0.2, 0.25) is 0 Å². The molecule has 0 fully saturated rings. The van der Waals surface area contributed by atoms with Crippen molar-refractivity contribution in [2.75, 3.05) is 31.1 Å². The molecule has 17 heavy (non-hydrogen) atoms. The molecule has 0 aromatic carbocycles. The minimum absolute atomic E-state index is 0.335. The van der Waals surface area contributed by atoms with Gasteiger partial charge in [-0.05, 0) is 19.2 Å². The normalized spacial score (nSPS) is 11.1. The van der Waals surface area contributed by atoms with Crippen molar-refractivity contribution in [3.05, 3.63) is 16.1 Å². The third-order valence-electron chi connectivity index (χ3n) is 2.47. The number of anilines is 1. The average Bonchev–Trinajstić information content (AvgIpc) is 2.31. The van der Waals surface area contributed by atoms with Gasteiger partial charge in [0.15, 0.2) is 0 Å². The first-order chi connectivity index (χ1) is 8.08. The van der Waals surface area contributed by atoms with Crippen LogP contribution in [0.2, 0.25) is 10.0 Å². The molecule has 3 nitrogen and oxygen atoms in total. The number of nitrogens with two attached hydrogens (primary N) is 1. The molecule has 0 aliphatic heterocycles. The Balaban J connectivity index is 2.55. The summed E-state index contributed by atoms with van der Waals surface area (Å²) in [6.45, 7) is 7.43. The van der Waals surface area contributed by atoms with Crippen LogP contribution in [0, 0.1) is 0 Å². The first-order valence-electron chi connectivity index (χ1n) is 5.55. The highest BCUT2D eigenvalue weighted by Crippen LogP contribution is 2.30. The zero-order valence-electron chi connectivity index (χ0n) is 10.0. The summed E-state index contributed by atoms with van der Waals surface area (Å²) in [5.74, 6) is 1.27. The van der Waals surface area contributed by atoms with E-state index < -0.39 is 0 Å². The van der Waals surface area contributed by atoms with Gasteiger partial charge in [-0.25, -0.2) is 4.98 Å². The highest BCUT2D eigenvalue weighted by molar-refractivity contribution is 7.99. The van der Waals surface area contributed by atoms with Gasteiger partial charge < -0.3 is 10.6 Å². The predicted molar refractivity (Wildman–Crippen MR) is 77.2 cm³/mol. The SMILES string of the molecule is CCN(CC)CCSc1nc(N)c(Cl)cc1Cl. The molecule has 0 aliphatic carbocycles. The van der Waals surface area contributed by atoms with Crippen molar-refractivity contribution in [3.8, 4) is 0 Å². The first kappa shape index (κ1) is 14.9. The van der Waals surface area contributed by atoms with E-state index in [9.17, 15) is 0 Å². The summed E-state index contributed by atoms with van der Waals surface area (Å²) in [6.07, 6.45) is 0. The molecule has 0 saturated carbocycles. The van der Waals surface area contributed by atoms with Crippen molar-refractivity contribution in [2.24, 2.45) is 0 Å². The highest BCUT2D eigenvalue weighted by atomic mass is 35.5. The van der Waals surface area contributed by atoms with Gasteiger partial charge in [-0.3, -0.25) is 0 Å². The molecule has 0 saturated heterocycles. The molecule has 0 bridgehead atoms. The number of thioether (sulfide) groups is 1. The Morgan fingerprint density at radius 1 is 1.29 bits per heavy atom. The smallest absolute Gasteiger partial charge is 0.143 e. The Morgan fingerprint density at radius 3 is 2.53 bits per heavy atom. The van der Waals surface area contributed by atoms with E-state index in [2.05, 4.69) is 23.7 Å². The summed E-state index contributed by atoms with van der Waals surface area (Å²) < 4.78 is 0. The number of halogens is 2. The third kappa shape index (κ3) is 4.54. The van der Waals surface area contributed by atoms with Crippen molar-refractivity contribution < 1.29 is 0 Å². The predicted octanol–water partition coefficient (Wildman–Crippen LogP) is 3.40. The maximum Gasteiger partial charge on any atom is 0.143 e. The Morgan fingerprint density at radius 2 is 1.94 bits per heavy atom. The lowest BCUT2D eigenvalue weighted by Gasteiger charge is -2.17. The van der Waals surface area contributed by atoms with Gasteiger partial charge in [0, 0.05) is 12.3 Å². The van der Waals surface area contributed by atoms with Gasteiger partial charge in [0.05, 0.1) is 10.0 Å². The molecule has 0 unspecified atom stereocenters. The molecular weight excluding hydrogens is 277 g/mol. The zero-order valence-corrected chi connectivity index (χ0v) is 12.4. The Kier molecular flexibility index (Phi) is 6.41. The molecule has 1 heterocycles. The molecule has 1 aromatic heterocycles. The zero-order chi connectivity index (χ0) is 12.8. The van der Waals surface area contributed by atoms with Crippen LogP contribution in [-0.4, -0.2) is 35.3 Å². The fourth-order valence-corrected chi connectivity index (χ4v) is 2.80. The number of hydrogen-bond donors (Lipinski definition) is 1. The fraction of sp³-hybridized carbons (Fsp3) is 0.545. The topological polar surface area (TPSA) is 42.2 Å². The minimum Gasteiger partial charge on any atom is -0.382 e. The Hall–Kier alpha value is -0.160. The highest BCUT2D eigenvalue weighted by Gasteiger charge is 2.08. The largest absolute Gasteiger partial charge is 0.382 e. The van der Waals surface area contributed by atoms with E-state index in [-0.39, 0.29) is 0 Å². The fourth-order valence-electron chi connectivity index (χ4n) is 1.38. The molecular formula is C11H17Cl2N3S. The van der Waals surface area contributed by atoms with Crippen LogP contribution in [0.4, 0.5) is 5.82 Å². The van der Waals surface area contributed by atoms with Gasteiger partial charge in [-0.1, -0.05) is 37.0 Å².